The van der Waals surface area contributed by atoms with Gasteiger partial charge in [-0.2, -0.15) is 0 Å². The number of hydrogen-bond donors (Lipinski definition) is 0. The van der Waals surface area contributed by atoms with E-state index in [2.05, 4.69) is 39.1 Å². The van der Waals surface area contributed by atoms with Gasteiger partial charge in [-0.25, -0.2) is 9.97 Å². The molecule has 0 bridgehead atoms. The minimum atomic E-state index is 0.781. The van der Waals surface area contributed by atoms with Crippen molar-refractivity contribution in [1.82, 2.24) is 9.97 Å². The van der Waals surface area contributed by atoms with Crippen molar-refractivity contribution in [2.45, 2.75) is 5.16 Å². The largest absolute Gasteiger partial charge is 0.362 e. The predicted molar refractivity (Wildman–Crippen MR) is 70.9 cm³/mol. The SMILES string of the molecule is C=Cc1nc(SC)nc(N(C)C)c1I. The molecule has 0 atom stereocenters. The summed E-state index contributed by atoms with van der Waals surface area (Å²) in [4.78, 5) is 10.8. The Hall–Kier alpha value is -0.300. The Morgan fingerprint density at radius 1 is 1.43 bits per heavy atom. The highest BCUT2D eigenvalue weighted by molar-refractivity contribution is 14.1. The summed E-state index contributed by atoms with van der Waals surface area (Å²) >= 11 is 3.78. The van der Waals surface area contributed by atoms with Crippen molar-refractivity contribution >= 4 is 46.2 Å². The molecule has 0 radical (unpaired) electrons. The van der Waals surface area contributed by atoms with Crippen LogP contribution in [0.25, 0.3) is 6.08 Å². The molecule has 0 aliphatic carbocycles. The molecule has 1 aromatic rings. The number of rotatable bonds is 3. The highest BCUT2D eigenvalue weighted by Gasteiger charge is 2.10. The monoisotopic (exact) mass is 321 g/mol. The van der Waals surface area contributed by atoms with Crippen molar-refractivity contribution in [2.75, 3.05) is 25.3 Å². The van der Waals surface area contributed by atoms with E-state index in [4.69, 9.17) is 0 Å². The van der Waals surface area contributed by atoms with Gasteiger partial charge in [-0.05, 0) is 34.9 Å². The topological polar surface area (TPSA) is 29.0 Å². The maximum Gasteiger partial charge on any atom is 0.189 e. The zero-order valence-corrected chi connectivity index (χ0v) is 11.4. The molecular weight excluding hydrogens is 309 g/mol. The summed E-state index contributed by atoms with van der Waals surface area (Å²) in [6.07, 6.45) is 3.73. The number of anilines is 1. The van der Waals surface area contributed by atoms with Gasteiger partial charge in [0.2, 0.25) is 0 Å². The molecule has 0 N–H and O–H groups in total. The van der Waals surface area contributed by atoms with Gasteiger partial charge >= 0.3 is 0 Å². The molecule has 0 fully saturated rings. The van der Waals surface area contributed by atoms with Crippen molar-refractivity contribution in [3.05, 3.63) is 15.8 Å². The first-order valence-corrected chi connectivity index (χ1v) is 6.31. The van der Waals surface area contributed by atoms with Crippen molar-refractivity contribution in [1.29, 1.82) is 0 Å². The van der Waals surface area contributed by atoms with Crippen LogP contribution in [0.15, 0.2) is 11.7 Å². The van der Waals surface area contributed by atoms with Crippen molar-refractivity contribution < 1.29 is 0 Å². The molecule has 0 aliphatic heterocycles. The van der Waals surface area contributed by atoms with E-state index >= 15 is 0 Å². The van der Waals surface area contributed by atoms with E-state index in [-0.39, 0.29) is 0 Å². The number of aromatic nitrogens is 2. The second-order valence-corrected chi connectivity index (χ2v) is 4.68. The molecule has 0 spiro atoms. The van der Waals surface area contributed by atoms with Gasteiger partial charge in [0, 0.05) is 14.1 Å². The van der Waals surface area contributed by atoms with Crippen LogP contribution < -0.4 is 4.90 Å². The fourth-order valence-corrected chi connectivity index (χ4v) is 2.27. The molecule has 0 saturated heterocycles. The van der Waals surface area contributed by atoms with Crippen LogP contribution in [-0.2, 0) is 0 Å². The van der Waals surface area contributed by atoms with Crippen LogP contribution in [0.4, 0.5) is 5.82 Å². The van der Waals surface area contributed by atoms with E-state index in [1.807, 2.05) is 25.3 Å². The minimum Gasteiger partial charge on any atom is -0.362 e. The predicted octanol–water partition coefficient (Wildman–Crippen LogP) is 2.51. The maximum absolute atomic E-state index is 4.42. The molecule has 0 unspecified atom stereocenters. The average Bonchev–Trinajstić information content (AvgIpc) is 2.17. The van der Waals surface area contributed by atoms with Gasteiger partial charge in [0.1, 0.15) is 5.82 Å². The molecule has 1 rings (SSSR count). The summed E-state index contributed by atoms with van der Waals surface area (Å²) in [7, 11) is 3.95. The Morgan fingerprint density at radius 2 is 2.07 bits per heavy atom. The van der Waals surface area contributed by atoms with Gasteiger partial charge in [-0.15, -0.1) is 0 Å². The van der Waals surface area contributed by atoms with Crippen LogP contribution in [-0.4, -0.2) is 30.3 Å². The molecule has 5 heteroatoms. The molecule has 0 aliphatic rings. The van der Waals surface area contributed by atoms with Crippen LogP contribution >= 0.6 is 34.4 Å². The van der Waals surface area contributed by atoms with Crippen LogP contribution in [0.3, 0.4) is 0 Å². The first-order chi connectivity index (χ1) is 6.60. The van der Waals surface area contributed by atoms with Crippen LogP contribution in [0.2, 0.25) is 0 Å². The quantitative estimate of drug-likeness (QED) is 0.486. The van der Waals surface area contributed by atoms with Gasteiger partial charge in [-0.1, -0.05) is 18.3 Å². The third-order valence-corrected chi connectivity index (χ3v) is 3.22. The van der Waals surface area contributed by atoms with E-state index in [0.29, 0.717) is 0 Å². The van der Waals surface area contributed by atoms with E-state index in [0.717, 1.165) is 20.2 Å². The van der Waals surface area contributed by atoms with E-state index in [1.54, 1.807) is 6.08 Å². The Morgan fingerprint density at radius 3 is 2.50 bits per heavy atom. The standard InChI is InChI=1S/C9H12IN3S/c1-5-6-7(10)8(13(2)3)12-9(11-6)14-4/h5H,1H2,2-4H3. The summed E-state index contributed by atoms with van der Waals surface area (Å²) in [5.74, 6) is 0.944. The third-order valence-electron chi connectivity index (χ3n) is 1.64. The van der Waals surface area contributed by atoms with E-state index in [9.17, 15) is 0 Å². The van der Waals surface area contributed by atoms with Crippen molar-refractivity contribution in [3.63, 3.8) is 0 Å². The van der Waals surface area contributed by atoms with Gasteiger partial charge < -0.3 is 4.90 Å². The summed E-state index contributed by atoms with van der Waals surface area (Å²) in [6.45, 7) is 3.74. The van der Waals surface area contributed by atoms with Crippen molar-refractivity contribution in [2.24, 2.45) is 0 Å². The van der Waals surface area contributed by atoms with Gasteiger partial charge in [0.05, 0.1) is 9.26 Å². The van der Waals surface area contributed by atoms with Gasteiger partial charge in [-0.3, -0.25) is 0 Å². The second-order valence-electron chi connectivity index (χ2n) is 2.83. The lowest BCUT2D eigenvalue weighted by atomic mass is 10.4. The summed E-state index contributed by atoms with van der Waals surface area (Å²) in [5.41, 5.74) is 0.897. The molecule has 76 valence electrons. The number of nitrogens with zero attached hydrogens (tertiary/aromatic N) is 3. The lowest BCUT2D eigenvalue weighted by molar-refractivity contribution is 0.913. The first kappa shape index (κ1) is 11.8. The Kier molecular flexibility index (Phi) is 4.18. The molecule has 3 nitrogen and oxygen atoms in total. The molecule has 0 amide bonds. The van der Waals surface area contributed by atoms with Crippen LogP contribution in [0, 0.1) is 3.57 Å². The lowest BCUT2D eigenvalue weighted by Gasteiger charge is -2.15. The Labute approximate surface area is 102 Å². The Bertz CT molecular complexity index is 352. The molecule has 0 aromatic carbocycles. The fourth-order valence-electron chi connectivity index (χ4n) is 0.954. The molecular formula is C9H12IN3S. The van der Waals surface area contributed by atoms with Crippen molar-refractivity contribution in [3.8, 4) is 0 Å². The zero-order chi connectivity index (χ0) is 10.7. The summed E-state index contributed by atoms with van der Waals surface area (Å²) in [5, 5.41) is 0.781. The zero-order valence-electron chi connectivity index (χ0n) is 8.41. The smallest absolute Gasteiger partial charge is 0.189 e. The third kappa shape index (κ3) is 2.38. The highest BCUT2D eigenvalue weighted by Crippen LogP contribution is 2.24. The lowest BCUT2D eigenvalue weighted by Crippen LogP contribution is -2.14. The number of thioether (sulfide) groups is 1. The number of halogens is 1. The first-order valence-electron chi connectivity index (χ1n) is 4.01. The summed E-state index contributed by atoms with van der Waals surface area (Å²) in [6, 6.07) is 0. The normalized spacial score (nSPS) is 10.0. The molecule has 1 aromatic heterocycles. The highest BCUT2D eigenvalue weighted by atomic mass is 127. The Balaban J connectivity index is 3.34. The second kappa shape index (κ2) is 4.97. The molecule has 1 heterocycles. The van der Waals surface area contributed by atoms with Crippen LogP contribution in [0.1, 0.15) is 5.69 Å². The molecule has 0 saturated carbocycles. The summed E-state index contributed by atoms with van der Waals surface area (Å²) < 4.78 is 1.04. The van der Waals surface area contributed by atoms with Gasteiger partial charge in [0.25, 0.3) is 0 Å². The minimum absolute atomic E-state index is 0.781. The van der Waals surface area contributed by atoms with Gasteiger partial charge in [0.15, 0.2) is 5.16 Å². The average molecular weight is 321 g/mol. The van der Waals surface area contributed by atoms with E-state index < -0.39 is 0 Å². The number of hydrogen-bond acceptors (Lipinski definition) is 4. The fraction of sp³-hybridized carbons (Fsp3) is 0.333. The van der Waals surface area contributed by atoms with Crippen LogP contribution in [0.5, 0.6) is 0 Å². The molecule has 14 heavy (non-hydrogen) atoms. The maximum atomic E-state index is 4.42. The van der Waals surface area contributed by atoms with E-state index in [1.165, 1.54) is 11.8 Å².